The van der Waals surface area contributed by atoms with Crippen LogP contribution in [-0.2, 0) is 23.3 Å². The first kappa shape index (κ1) is 37.2. The van der Waals surface area contributed by atoms with Gasteiger partial charge in [0.1, 0.15) is 0 Å². The Labute approximate surface area is 229 Å². The Balaban J connectivity index is -0.000000428. The molecule has 0 atom stereocenters. The first-order chi connectivity index (χ1) is 13.8. The van der Waals surface area contributed by atoms with Crippen LogP contribution in [0, 0.1) is 23.0 Å². The molecule has 0 fully saturated rings. The van der Waals surface area contributed by atoms with Crippen LogP contribution in [0.25, 0.3) is 0 Å². The van der Waals surface area contributed by atoms with Crippen LogP contribution in [0.1, 0.15) is 107 Å². The zero-order valence-corrected chi connectivity index (χ0v) is 27.5. The van der Waals surface area contributed by atoms with Crippen LogP contribution in [0.4, 0.5) is 0 Å². The van der Waals surface area contributed by atoms with Crippen LogP contribution < -0.4 is 24.8 Å². The third kappa shape index (κ3) is 18.0. The summed E-state index contributed by atoms with van der Waals surface area (Å²) in [7, 11) is 0. The summed E-state index contributed by atoms with van der Waals surface area (Å²) in [6.07, 6.45) is 21.6. The van der Waals surface area contributed by atoms with Crippen molar-refractivity contribution in [1.82, 2.24) is 0 Å². The van der Waals surface area contributed by atoms with E-state index in [1.807, 2.05) is 0 Å². The molecule has 2 rings (SSSR count). The maximum Gasteiger partial charge on any atom is -1.00 e. The molecule has 0 saturated heterocycles. The standard InChI is InChI=1S/2C13H21.C2H6Si.2ClH.Zr/c2*1-5-6-7-11-8-9-12(10-11)13(2,3)4;1-3-2;;;/h2*10H,5-8H2,1-4H3;1-2H3;2*1H;/q2*-1;;;;+2/p-2. The third-order valence-electron chi connectivity index (χ3n) is 5.03. The molecule has 0 saturated carbocycles. The molecule has 0 aromatic rings. The van der Waals surface area contributed by atoms with Gasteiger partial charge < -0.3 is 24.8 Å². The molecule has 0 nitrogen and oxygen atoms in total. The molecule has 0 amide bonds. The molecule has 0 radical (unpaired) electrons. The molecule has 0 heterocycles. The minimum absolute atomic E-state index is 0. The second-order valence-corrected chi connectivity index (χ2v) is 20.2. The van der Waals surface area contributed by atoms with Crippen molar-refractivity contribution in [2.45, 2.75) is 120 Å². The second-order valence-electron chi connectivity index (χ2n) is 10.8. The summed E-state index contributed by atoms with van der Waals surface area (Å²) in [4.78, 5) is 0. The van der Waals surface area contributed by atoms with Crippen LogP contribution in [-0.4, -0.2) is 5.43 Å². The average molecular weight is 575 g/mol. The van der Waals surface area contributed by atoms with Crippen molar-refractivity contribution in [2.24, 2.45) is 10.8 Å². The monoisotopic (exact) mass is 572 g/mol. The Hall–Kier alpha value is 0.640. The van der Waals surface area contributed by atoms with E-state index < -0.39 is 0 Å². The Morgan fingerprint density at radius 1 is 0.750 bits per heavy atom. The van der Waals surface area contributed by atoms with E-state index in [2.05, 4.69) is 92.8 Å². The number of hydrogen-bond acceptors (Lipinski definition) is 0. The van der Waals surface area contributed by atoms with Gasteiger partial charge in [0.15, 0.2) is 0 Å². The number of unbranched alkanes of at least 4 members (excludes halogenated alkanes) is 2. The fraction of sp³-hybridized carbons (Fsp3) is 0.714. The molecule has 0 unspecified atom stereocenters. The average Bonchev–Trinajstić information content (AvgIpc) is 3.27. The van der Waals surface area contributed by atoms with E-state index >= 15 is 0 Å². The van der Waals surface area contributed by atoms with Crippen molar-refractivity contribution in [3.8, 4) is 0 Å². The fourth-order valence-corrected chi connectivity index (χ4v) is 3.12. The first-order valence-electron chi connectivity index (χ1n) is 11.9. The second kappa shape index (κ2) is 18.9. The van der Waals surface area contributed by atoms with Gasteiger partial charge in [-0.2, -0.15) is 11.1 Å². The summed E-state index contributed by atoms with van der Waals surface area (Å²) >= 11 is 1.74. The molecule has 0 aromatic heterocycles. The van der Waals surface area contributed by atoms with E-state index in [4.69, 9.17) is 0 Å². The summed E-state index contributed by atoms with van der Waals surface area (Å²) < 4.78 is 0. The summed E-state index contributed by atoms with van der Waals surface area (Å²) in [5.41, 5.74) is 6.74. The van der Waals surface area contributed by atoms with Crippen molar-refractivity contribution in [3.05, 3.63) is 46.6 Å². The fourth-order valence-electron chi connectivity index (χ4n) is 3.12. The number of allylic oxidation sites excluding steroid dienone is 8. The van der Waals surface area contributed by atoms with Crippen molar-refractivity contribution < 1.29 is 48.1 Å². The molecule has 0 N–H and O–H groups in total. The Morgan fingerprint density at radius 3 is 1.22 bits per heavy atom. The van der Waals surface area contributed by atoms with Crippen molar-refractivity contribution in [1.29, 1.82) is 0 Å². The van der Waals surface area contributed by atoms with Crippen molar-refractivity contribution >= 4 is 5.43 Å². The smallest absolute Gasteiger partial charge is 1.00 e. The summed E-state index contributed by atoms with van der Waals surface area (Å²) in [5.74, 6) is 0. The molecule has 0 aromatic carbocycles. The van der Waals surface area contributed by atoms with E-state index in [0.29, 0.717) is 0 Å². The van der Waals surface area contributed by atoms with Crippen LogP contribution in [0.3, 0.4) is 0 Å². The van der Waals surface area contributed by atoms with Gasteiger partial charge >= 0.3 is 41.9 Å². The van der Waals surface area contributed by atoms with Gasteiger partial charge in [-0.15, -0.1) is 12.8 Å². The van der Waals surface area contributed by atoms with E-state index in [0.717, 1.165) is 12.8 Å². The van der Waals surface area contributed by atoms with Crippen LogP contribution in [0.5, 0.6) is 0 Å². The van der Waals surface area contributed by atoms with E-state index in [1.165, 1.54) is 49.7 Å². The molecule has 2 aliphatic carbocycles. The maximum absolute atomic E-state index is 3.48. The summed E-state index contributed by atoms with van der Waals surface area (Å²) in [6.45, 7) is 22.7. The SMILES string of the molecule is CCCCC1=CC(C(C)(C)C)=[C-]C1.CCCCC1=CC(C(C)(C)C)=[C-]C1.C[Si](C)=[Zr+2].[Cl-].[Cl-]. The molecule has 0 spiro atoms. The quantitative estimate of drug-likeness (QED) is 0.337. The van der Waals surface area contributed by atoms with Gasteiger partial charge in [0.2, 0.25) is 0 Å². The van der Waals surface area contributed by atoms with Gasteiger partial charge in [0.05, 0.1) is 0 Å². The van der Waals surface area contributed by atoms with Crippen LogP contribution in [0.2, 0.25) is 13.1 Å². The minimum atomic E-state index is 0. The Morgan fingerprint density at radius 2 is 1.03 bits per heavy atom. The topological polar surface area (TPSA) is 0 Å². The van der Waals surface area contributed by atoms with Crippen molar-refractivity contribution in [3.63, 3.8) is 0 Å². The predicted molar refractivity (Wildman–Crippen MR) is 134 cm³/mol. The third-order valence-corrected chi connectivity index (χ3v) is 5.03. The maximum atomic E-state index is 3.48. The minimum Gasteiger partial charge on any atom is -1.00 e. The molecule has 184 valence electrons. The Kier molecular flexibility index (Phi) is 22.0. The zero-order valence-electron chi connectivity index (χ0n) is 22.6. The molecule has 32 heavy (non-hydrogen) atoms. The van der Waals surface area contributed by atoms with Gasteiger partial charge in [0.25, 0.3) is 0 Å². The van der Waals surface area contributed by atoms with E-state index in [9.17, 15) is 0 Å². The largest absolute Gasteiger partial charge is 1.00 e. The van der Waals surface area contributed by atoms with Crippen LogP contribution >= 0.6 is 0 Å². The Bertz CT molecular complexity index is 600. The predicted octanol–water partition coefficient (Wildman–Crippen LogP) is 3.36. The molecule has 0 bridgehead atoms. The normalized spacial score (nSPS) is 14.9. The summed E-state index contributed by atoms with van der Waals surface area (Å²) in [6, 6.07) is 0. The molecular weight excluding hydrogens is 527 g/mol. The molecular formula is C28H48Cl2SiZr-2. The molecule has 2 aliphatic rings. The first-order valence-corrected chi connectivity index (χ1v) is 18.1. The van der Waals surface area contributed by atoms with Crippen LogP contribution in [0.15, 0.2) is 34.4 Å². The van der Waals surface area contributed by atoms with Gasteiger partial charge in [-0.25, -0.2) is 23.3 Å². The van der Waals surface area contributed by atoms with Gasteiger partial charge in [-0.05, 0) is 23.7 Å². The van der Waals surface area contributed by atoms with E-state index in [-0.39, 0.29) is 41.1 Å². The van der Waals surface area contributed by atoms with Gasteiger partial charge in [-0.1, -0.05) is 81.1 Å². The zero-order chi connectivity index (χ0) is 23.4. The number of rotatable bonds is 6. The van der Waals surface area contributed by atoms with Gasteiger partial charge in [-0.3, -0.25) is 12.2 Å². The van der Waals surface area contributed by atoms with E-state index in [1.54, 1.807) is 34.5 Å². The van der Waals surface area contributed by atoms with Crippen molar-refractivity contribution in [2.75, 3.05) is 0 Å². The summed E-state index contributed by atoms with van der Waals surface area (Å²) in [5, 5.41) is 0. The van der Waals surface area contributed by atoms with Gasteiger partial charge in [0, 0.05) is 0 Å². The number of hydrogen-bond donors (Lipinski definition) is 0. The molecule has 4 heteroatoms. The molecule has 0 aliphatic heterocycles. The number of halogens is 2.